The van der Waals surface area contributed by atoms with Crippen LogP contribution in [0.5, 0.6) is 0 Å². The van der Waals surface area contributed by atoms with Crippen LogP contribution in [0.1, 0.15) is 39.2 Å². The molecule has 2 heterocycles. The van der Waals surface area contributed by atoms with Crippen LogP contribution in [-0.2, 0) is 12.1 Å². The number of aryl methyl sites for hydroxylation is 2. The number of carboxylic acid groups (broad SMARTS) is 1. The van der Waals surface area contributed by atoms with E-state index in [-0.39, 0.29) is 5.69 Å². The van der Waals surface area contributed by atoms with Crippen molar-refractivity contribution in [3.8, 4) is 0 Å². The maximum absolute atomic E-state index is 11.7. The number of H-pyrrole nitrogens is 1. The smallest absolute Gasteiger partial charge is 0.352 e. The van der Waals surface area contributed by atoms with Gasteiger partial charge in [0.05, 0.1) is 0 Å². The molecule has 5 heteroatoms. The second-order valence-corrected chi connectivity index (χ2v) is 7.64. The molecule has 27 heavy (non-hydrogen) atoms. The van der Waals surface area contributed by atoms with Gasteiger partial charge in [-0.15, -0.1) is 0 Å². The Morgan fingerprint density at radius 3 is 2.74 bits per heavy atom. The van der Waals surface area contributed by atoms with Gasteiger partial charge >= 0.3 is 5.97 Å². The van der Waals surface area contributed by atoms with Crippen LogP contribution in [0.25, 0.3) is 10.9 Å². The maximum atomic E-state index is 11.7. The number of aromatic amines is 1. The second-order valence-electron chi connectivity index (χ2n) is 7.64. The number of benzene rings is 2. The molecule has 0 amide bonds. The Hall–Kier alpha value is -2.63. The fourth-order valence-corrected chi connectivity index (χ4v) is 4.25. The third-order valence-electron chi connectivity index (χ3n) is 5.63. The van der Waals surface area contributed by atoms with E-state index in [0.29, 0.717) is 19.5 Å². The minimum atomic E-state index is -0.952. The van der Waals surface area contributed by atoms with E-state index < -0.39 is 11.6 Å². The third-order valence-corrected chi connectivity index (χ3v) is 5.63. The first kappa shape index (κ1) is 17.8. The summed E-state index contributed by atoms with van der Waals surface area (Å²) in [5.41, 5.74) is 4.10. The molecule has 1 aliphatic heterocycles. The zero-order chi connectivity index (χ0) is 19.2. The first-order valence-corrected chi connectivity index (χ1v) is 9.23. The summed E-state index contributed by atoms with van der Waals surface area (Å²) in [5.74, 6) is -0.952. The summed E-state index contributed by atoms with van der Waals surface area (Å²) in [4.78, 5) is 16.9. The number of aromatic carboxylic acids is 1. The first-order valence-electron chi connectivity index (χ1n) is 9.23. The zero-order valence-electron chi connectivity index (χ0n) is 15.6. The van der Waals surface area contributed by atoms with E-state index >= 15 is 0 Å². The summed E-state index contributed by atoms with van der Waals surface area (Å²) >= 11 is 0. The highest BCUT2D eigenvalue weighted by Crippen LogP contribution is 2.35. The van der Waals surface area contributed by atoms with E-state index in [1.165, 1.54) is 0 Å². The molecule has 0 aliphatic carbocycles. The lowest BCUT2D eigenvalue weighted by Crippen LogP contribution is -2.31. The first-order chi connectivity index (χ1) is 12.9. The fraction of sp³-hybridized carbons (Fsp3) is 0.318. The number of aliphatic hydroxyl groups is 1. The summed E-state index contributed by atoms with van der Waals surface area (Å²) in [7, 11) is 0. The minimum absolute atomic E-state index is 0.238. The lowest BCUT2D eigenvalue weighted by atomic mass is 9.89. The fourth-order valence-electron chi connectivity index (χ4n) is 4.25. The lowest BCUT2D eigenvalue weighted by molar-refractivity contribution is 0.0447. The number of carboxylic acids is 1. The molecule has 0 bridgehead atoms. The quantitative estimate of drug-likeness (QED) is 0.661. The number of nitrogens with zero attached hydrogens (tertiary/aromatic N) is 1. The Labute approximate surface area is 158 Å². The number of nitrogens with one attached hydrogen (secondary N) is 1. The summed E-state index contributed by atoms with van der Waals surface area (Å²) < 4.78 is 0. The van der Waals surface area contributed by atoms with Crippen LogP contribution in [-0.4, -0.2) is 39.2 Å². The molecule has 5 nitrogen and oxygen atoms in total. The van der Waals surface area contributed by atoms with E-state index in [2.05, 4.69) is 9.88 Å². The van der Waals surface area contributed by atoms with Crippen molar-refractivity contribution in [3.63, 3.8) is 0 Å². The Kier molecular flexibility index (Phi) is 4.29. The van der Waals surface area contributed by atoms with Gasteiger partial charge in [-0.05, 0) is 43.5 Å². The average Bonchev–Trinajstić information content (AvgIpc) is 3.17. The van der Waals surface area contributed by atoms with Crippen molar-refractivity contribution in [1.82, 2.24) is 9.88 Å². The molecule has 3 aromatic rings. The van der Waals surface area contributed by atoms with Gasteiger partial charge in [0.2, 0.25) is 0 Å². The summed E-state index contributed by atoms with van der Waals surface area (Å²) in [6.45, 7) is 5.74. The van der Waals surface area contributed by atoms with Crippen molar-refractivity contribution >= 4 is 16.9 Å². The van der Waals surface area contributed by atoms with Gasteiger partial charge in [-0.3, -0.25) is 4.90 Å². The van der Waals surface area contributed by atoms with E-state index in [0.717, 1.165) is 39.7 Å². The number of fused-ring (bicyclic) bond motifs is 1. The van der Waals surface area contributed by atoms with Crippen molar-refractivity contribution in [2.24, 2.45) is 0 Å². The zero-order valence-corrected chi connectivity index (χ0v) is 15.6. The van der Waals surface area contributed by atoms with Crippen molar-refractivity contribution in [2.75, 3.05) is 13.1 Å². The molecule has 140 valence electrons. The van der Waals surface area contributed by atoms with Gasteiger partial charge in [-0.2, -0.15) is 0 Å². The number of likely N-dealkylation sites (tertiary alicyclic amines) is 1. The number of aromatic nitrogens is 1. The highest BCUT2D eigenvalue weighted by Gasteiger charge is 2.39. The van der Waals surface area contributed by atoms with Crippen molar-refractivity contribution in [3.05, 3.63) is 70.4 Å². The SMILES string of the molecule is Cc1ccc2[nH]c(C(=O)O)c(CN3CCC(O)(c4ccccc4C)C3)c2c1. The molecule has 4 rings (SSSR count). The number of carbonyl (C=O) groups is 1. The molecule has 3 N–H and O–H groups in total. The summed E-state index contributed by atoms with van der Waals surface area (Å²) in [6.07, 6.45) is 0.641. The Morgan fingerprint density at radius 2 is 2.00 bits per heavy atom. The predicted octanol–water partition coefficient (Wildman–Crippen LogP) is 3.58. The summed E-state index contributed by atoms with van der Waals surface area (Å²) in [6, 6.07) is 13.8. The van der Waals surface area contributed by atoms with Crippen LogP contribution in [0.2, 0.25) is 0 Å². The van der Waals surface area contributed by atoms with Gasteiger partial charge in [-0.25, -0.2) is 4.79 Å². The highest BCUT2D eigenvalue weighted by atomic mass is 16.4. The molecular weight excluding hydrogens is 340 g/mol. The lowest BCUT2D eigenvalue weighted by Gasteiger charge is -2.25. The molecule has 1 unspecified atom stereocenters. The van der Waals surface area contributed by atoms with Gasteiger partial charge in [-0.1, -0.05) is 35.9 Å². The number of rotatable bonds is 4. The average molecular weight is 364 g/mol. The molecule has 1 aromatic heterocycles. The Balaban J connectivity index is 1.66. The van der Waals surface area contributed by atoms with E-state index in [1.54, 1.807) is 0 Å². The van der Waals surface area contributed by atoms with Gasteiger partial charge in [0, 0.05) is 36.1 Å². The van der Waals surface area contributed by atoms with Crippen LogP contribution in [0.15, 0.2) is 42.5 Å². The van der Waals surface area contributed by atoms with Crippen LogP contribution >= 0.6 is 0 Å². The Bertz CT molecular complexity index is 1020. The van der Waals surface area contributed by atoms with Crippen LogP contribution in [0, 0.1) is 13.8 Å². The summed E-state index contributed by atoms with van der Waals surface area (Å²) in [5, 5.41) is 21.8. The maximum Gasteiger partial charge on any atom is 0.352 e. The minimum Gasteiger partial charge on any atom is -0.477 e. The van der Waals surface area contributed by atoms with Gasteiger partial charge in [0.15, 0.2) is 0 Å². The van der Waals surface area contributed by atoms with Crippen molar-refractivity contribution in [1.29, 1.82) is 0 Å². The topological polar surface area (TPSA) is 76.6 Å². The highest BCUT2D eigenvalue weighted by molar-refractivity contribution is 5.97. The molecule has 1 fully saturated rings. The molecule has 1 aliphatic rings. The van der Waals surface area contributed by atoms with Gasteiger partial charge in [0.25, 0.3) is 0 Å². The molecular formula is C22H24N2O3. The molecule has 1 atom stereocenters. The molecule has 0 spiro atoms. The number of hydrogen-bond acceptors (Lipinski definition) is 3. The van der Waals surface area contributed by atoms with Crippen LogP contribution in [0.4, 0.5) is 0 Å². The second kappa shape index (κ2) is 6.51. The standard InChI is InChI=1S/C22H24N2O3/c1-14-7-8-19-16(11-14)17(20(23-19)21(25)26)12-24-10-9-22(27,13-24)18-6-4-3-5-15(18)2/h3-8,11,23,27H,9-10,12-13H2,1-2H3,(H,25,26). The molecule has 0 saturated carbocycles. The largest absolute Gasteiger partial charge is 0.477 e. The predicted molar refractivity (Wildman–Crippen MR) is 105 cm³/mol. The van der Waals surface area contributed by atoms with Gasteiger partial charge < -0.3 is 15.2 Å². The number of hydrogen-bond donors (Lipinski definition) is 3. The van der Waals surface area contributed by atoms with Crippen molar-refractivity contribution < 1.29 is 15.0 Å². The number of β-amino-alcohol motifs (C(OH)–C–C–N with tert-alkyl or cyclic N) is 1. The van der Waals surface area contributed by atoms with E-state index in [9.17, 15) is 15.0 Å². The van der Waals surface area contributed by atoms with Crippen molar-refractivity contribution in [2.45, 2.75) is 32.4 Å². The van der Waals surface area contributed by atoms with Gasteiger partial charge in [0.1, 0.15) is 11.3 Å². The molecule has 2 aromatic carbocycles. The molecule has 0 radical (unpaired) electrons. The van der Waals surface area contributed by atoms with Crippen LogP contribution in [0.3, 0.4) is 0 Å². The van der Waals surface area contributed by atoms with E-state index in [1.807, 2.05) is 56.3 Å². The molecule has 1 saturated heterocycles. The van der Waals surface area contributed by atoms with E-state index in [4.69, 9.17) is 0 Å². The monoisotopic (exact) mass is 364 g/mol. The normalized spacial score (nSPS) is 20.4. The third kappa shape index (κ3) is 3.13. The van der Waals surface area contributed by atoms with Crippen LogP contribution < -0.4 is 0 Å². The Morgan fingerprint density at radius 1 is 1.22 bits per heavy atom.